The summed E-state index contributed by atoms with van der Waals surface area (Å²) in [5, 5.41) is 9.20. The minimum atomic E-state index is -0.330. The van der Waals surface area contributed by atoms with Gasteiger partial charge >= 0.3 is 0 Å². The van der Waals surface area contributed by atoms with Crippen molar-refractivity contribution in [1.82, 2.24) is 15.0 Å². The number of anilines is 3. The van der Waals surface area contributed by atoms with Crippen LogP contribution in [-0.4, -0.2) is 20.9 Å². The molecule has 0 spiro atoms. The van der Waals surface area contributed by atoms with E-state index in [9.17, 15) is 4.79 Å². The van der Waals surface area contributed by atoms with Crippen molar-refractivity contribution in [2.24, 2.45) is 0 Å². The van der Waals surface area contributed by atoms with Crippen LogP contribution in [0.3, 0.4) is 0 Å². The van der Waals surface area contributed by atoms with Crippen molar-refractivity contribution in [3.05, 3.63) is 81.7 Å². The van der Waals surface area contributed by atoms with E-state index >= 15 is 0 Å². The van der Waals surface area contributed by atoms with Gasteiger partial charge in [0.15, 0.2) is 5.13 Å². The minimum Gasteiger partial charge on any atom is -0.331 e. The summed E-state index contributed by atoms with van der Waals surface area (Å²) in [5.41, 5.74) is 4.61. The summed E-state index contributed by atoms with van der Waals surface area (Å²) in [6, 6.07) is 12.4. The number of nitrogens with zero attached hydrogens (tertiary/aromatic N) is 3. The van der Waals surface area contributed by atoms with E-state index in [1.807, 2.05) is 42.6 Å². The van der Waals surface area contributed by atoms with Crippen molar-refractivity contribution in [1.29, 1.82) is 0 Å². The Balaban J connectivity index is 1.52. The number of hydrogen-bond acceptors (Lipinski definition) is 6. The SMILES string of the molecule is Cc1ccc(NC(=O)c2cc(Cl)nc(Cl)c2)cc1Nc1nc(-c2cccnc2)cs1. The minimum absolute atomic E-state index is 0.159. The van der Waals surface area contributed by atoms with Gasteiger partial charge in [0.25, 0.3) is 5.91 Å². The predicted octanol–water partition coefficient (Wildman–Crippen LogP) is 6.21. The fraction of sp³-hybridized carbons (Fsp3) is 0.0476. The molecule has 9 heteroatoms. The average molecular weight is 456 g/mol. The zero-order chi connectivity index (χ0) is 21.1. The van der Waals surface area contributed by atoms with Gasteiger partial charge < -0.3 is 10.6 Å². The zero-order valence-electron chi connectivity index (χ0n) is 15.7. The number of carbonyl (C=O) groups is 1. The van der Waals surface area contributed by atoms with Gasteiger partial charge in [-0.2, -0.15) is 0 Å². The third-order valence-corrected chi connectivity index (χ3v) is 5.37. The molecule has 1 aromatic carbocycles. The first-order chi connectivity index (χ1) is 14.5. The van der Waals surface area contributed by atoms with E-state index in [1.165, 1.54) is 23.5 Å². The average Bonchev–Trinajstić information content (AvgIpc) is 3.19. The van der Waals surface area contributed by atoms with Gasteiger partial charge in [0.05, 0.1) is 5.69 Å². The van der Waals surface area contributed by atoms with Crippen molar-refractivity contribution < 1.29 is 4.79 Å². The first-order valence-electron chi connectivity index (χ1n) is 8.86. The molecule has 0 saturated carbocycles. The Morgan fingerprint density at radius 2 is 1.87 bits per heavy atom. The van der Waals surface area contributed by atoms with Gasteiger partial charge in [-0.3, -0.25) is 9.78 Å². The van der Waals surface area contributed by atoms with Crippen molar-refractivity contribution in [2.45, 2.75) is 6.92 Å². The van der Waals surface area contributed by atoms with Crippen molar-refractivity contribution in [3.63, 3.8) is 0 Å². The number of thiazole rings is 1. The third-order valence-electron chi connectivity index (χ3n) is 4.22. The number of aryl methyl sites for hydroxylation is 1. The van der Waals surface area contributed by atoms with E-state index in [0.717, 1.165) is 27.6 Å². The molecule has 1 amide bonds. The largest absolute Gasteiger partial charge is 0.331 e. The molecule has 0 bridgehead atoms. The van der Waals surface area contributed by atoms with Crippen LogP contribution in [0.5, 0.6) is 0 Å². The fourth-order valence-electron chi connectivity index (χ4n) is 2.73. The van der Waals surface area contributed by atoms with E-state index < -0.39 is 0 Å². The molecular weight excluding hydrogens is 441 g/mol. The number of hydrogen-bond donors (Lipinski definition) is 2. The third kappa shape index (κ3) is 4.76. The molecule has 0 atom stereocenters. The number of aromatic nitrogens is 3. The molecule has 0 radical (unpaired) electrons. The first kappa shape index (κ1) is 20.3. The van der Waals surface area contributed by atoms with Crippen LogP contribution in [0.25, 0.3) is 11.3 Å². The van der Waals surface area contributed by atoms with Crippen LogP contribution >= 0.6 is 34.5 Å². The lowest BCUT2D eigenvalue weighted by Crippen LogP contribution is -2.12. The molecule has 0 aliphatic carbocycles. The lowest BCUT2D eigenvalue weighted by molar-refractivity contribution is 0.102. The molecule has 0 aliphatic rings. The first-order valence-corrected chi connectivity index (χ1v) is 10.5. The van der Waals surface area contributed by atoms with Gasteiger partial charge in [-0.1, -0.05) is 29.3 Å². The molecule has 0 fully saturated rings. The predicted molar refractivity (Wildman–Crippen MR) is 122 cm³/mol. The molecule has 0 aliphatic heterocycles. The summed E-state index contributed by atoms with van der Waals surface area (Å²) < 4.78 is 0. The van der Waals surface area contributed by atoms with Crippen LogP contribution in [0.1, 0.15) is 15.9 Å². The Kier molecular flexibility index (Phi) is 5.94. The molecule has 6 nitrogen and oxygen atoms in total. The molecular formula is C21H15Cl2N5OS. The van der Waals surface area contributed by atoms with Crippen LogP contribution < -0.4 is 10.6 Å². The Morgan fingerprint density at radius 3 is 2.60 bits per heavy atom. The van der Waals surface area contributed by atoms with Gasteiger partial charge in [-0.05, 0) is 48.9 Å². The zero-order valence-corrected chi connectivity index (χ0v) is 18.0. The second kappa shape index (κ2) is 8.79. The smallest absolute Gasteiger partial charge is 0.255 e. The lowest BCUT2D eigenvalue weighted by Gasteiger charge is -2.11. The van der Waals surface area contributed by atoms with Gasteiger partial charge in [0.1, 0.15) is 10.3 Å². The van der Waals surface area contributed by atoms with E-state index in [0.29, 0.717) is 11.3 Å². The van der Waals surface area contributed by atoms with Crippen LogP contribution in [0.2, 0.25) is 10.3 Å². The lowest BCUT2D eigenvalue weighted by atomic mass is 10.1. The molecule has 30 heavy (non-hydrogen) atoms. The van der Waals surface area contributed by atoms with Crippen molar-refractivity contribution in [2.75, 3.05) is 10.6 Å². The molecule has 0 unspecified atom stereocenters. The Hall–Kier alpha value is -3.00. The maximum absolute atomic E-state index is 12.5. The number of amides is 1. The van der Waals surface area contributed by atoms with Gasteiger partial charge in [0.2, 0.25) is 0 Å². The summed E-state index contributed by atoms with van der Waals surface area (Å²) in [4.78, 5) is 25.1. The van der Waals surface area contributed by atoms with E-state index in [-0.39, 0.29) is 16.2 Å². The van der Waals surface area contributed by atoms with Crippen LogP contribution in [0.15, 0.2) is 60.2 Å². The highest BCUT2D eigenvalue weighted by molar-refractivity contribution is 7.14. The Labute approximate surface area is 186 Å². The summed E-state index contributed by atoms with van der Waals surface area (Å²) >= 11 is 13.3. The highest BCUT2D eigenvalue weighted by Gasteiger charge is 2.11. The number of carbonyl (C=O) groups excluding carboxylic acids is 1. The normalized spacial score (nSPS) is 10.6. The van der Waals surface area contributed by atoms with Crippen LogP contribution in [0.4, 0.5) is 16.5 Å². The summed E-state index contributed by atoms with van der Waals surface area (Å²) in [7, 11) is 0. The highest BCUT2D eigenvalue weighted by atomic mass is 35.5. The molecule has 3 heterocycles. The second-order valence-corrected chi connectivity index (χ2v) is 8.02. The van der Waals surface area contributed by atoms with Crippen LogP contribution in [0, 0.1) is 6.92 Å². The van der Waals surface area contributed by atoms with Crippen LogP contribution in [-0.2, 0) is 0 Å². The second-order valence-electron chi connectivity index (χ2n) is 6.39. The maximum Gasteiger partial charge on any atom is 0.255 e. The molecule has 4 rings (SSSR count). The van der Waals surface area contributed by atoms with Crippen molar-refractivity contribution >= 4 is 57.0 Å². The quantitative estimate of drug-likeness (QED) is 0.349. The van der Waals surface area contributed by atoms with E-state index in [1.54, 1.807) is 12.4 Å². The number of rotatable bonds is 5. The van der Waals surface area contributed by atoms with Gasteiger partial charge in [-0.25, -0.2) is 9.97 Å². The molecule has 0 saturated heterocycles. The standard InChI is InChI=1S/C21H15Cl2N5OS/c1-12-4-5-15(25-20(29)14-7-18(22)28-19(23)8-14)9-16(12)26-21-27-17(11-30-21)13-3-2-6-24-10-13/h2-11H,1H3,(H,25,29)(H,26,27). The number of nitrogens with one attached hydrogen (secondary N) is 2. The van der Waals surface area contributed by atoms with Crippen molar-refractivity contribution in [3.8, 4) is 11.3 Å². The maximum atomic E-state index is 12.5. The molecule has 150 valence electrons. The number of halogens is 2. The topological polar surface area (TPSA) is 79.8 Å². The van der Waals surface area contributed by atoms with Gasteiger partial charge in [-0.15, -0.1) is 11.3 Å². The highest BCUT2D eigenvalue weighted by Crippen LogP contribution is 2.29. The Morgan fingerprint density at radius 1 is 1.07 bits per heavy atom. The summed E-state index contributed by atoms with van der Waals surface area (Å²) in [6.45, 7) is 1.98. The summed E-state index contributed by atoms with van der Waals surface area (Å²) in [6.07, 6.45) is 3.50. The summed E-state index contributed by atoms with van der Waals surface area (Å²) in [5.74, 6) is -0.330. The Bertz CT molecular complexity index is 1190. The molecule has 3 aromatic heterocycles. The monoisotopic (exact) mass is 455 g/mol. The number of pyridine rings is 2. The van der Waals surface area contributed by atoms with E-state index in [2.05, 4.69) is 25.6 Å². The molecule has 2 N–H and O–H groups in total. The molecule has 4 aromatic rings. The van der Waals surface area contributed by atoms with E-state index in [4.69, 9.17) is 23.2 Å². The number of benzene rings is 1. The fourth-order valence-corrected chi connectivity index (χ4v) is 3.92. The van der Waals surface area contributed by atoms with Gasteiger partial charge in [0, 0.05) is 40.3 Å².